The Morgan fingerprint density at radius 3 is 2.42 bits per heavy atom. The Bertz CT molecular complexity index is 959. The summed E-state index contributed by atoms with van der Waals surface area (Å²) in [6.45, 7) is 4.89. The monoisotopic (exact) mass is 444 g/mol. The molecular formula is C24H32N2O4S. The van der Waals surface area contributed by atoms with Gasteiger partial charge in [0.2, 0.25) is 15.9 Å². The molecule has 31 heavy (non-hydrogen) atoms. The second-order valence-electron chi connectivity index (χ2n) is 8.48. The third kappa shape index (κ3) is 5.86. The minimum atomic E-state index is -3.60. The number of nitrogens with one attached hydrogen (secondary N) is 1. The van der Waals surface area contributed by atoms with Gasteiger partial charge in [-0.3, -0.25) is 4.79 Å². The number of benzene rings is 2. The Balaban J connectivity index is 1.72. The van der Waals surface area contributed by atoms with E-state index in [0.717, 1.165) is 17.7 Å². The lowest BCUT2D eigenvalue weighted by atomic mass is 9.94. The van der Waals surface area contributed by atoms with Crippen LogP contribution >= 0.6 is 0 Å². The topological polar surface area (TPSA) is 75.7 Å². The maximum absolute atomic E-state index is 13.1. The molecule has 0 saturated carbocycles. The van der Waals surface area contributed by atoms with E-state index in [1.807, 2.05) is 24.3 Å². The molecule has 0 unspecified atom stereocenters. The van der Waals surface area contributed by atoms with Gasteiger partial charge in [-0.25, -0.2) is 8.42 Å². The second kappa shape index (κ2) is 10.3. The summed E-state index contributed by atoms with van der Waals surface area (Å²) >= 11 is 0. The predicted molar refractivity (Wildman–Crippen MR) is 121 cm³/mol. The molecule has 0 aromatic heterocycles. The molecular weight excluding hydrogens is 412 g/mol. The number of sulfonamides is 1. The van der Waals surface area contributed by atoms with E-state index < -0.39 is 10.0 Å². The molecule has 1 saturated heterocycles. The molecule has 0 bridgehead atoms. The van der Waals surface area contributed by atoms with Gasteiger partial charge in [-0.05, 0) is 55.0 Å². The van der Waals surface area contributed by atoms with Crippen molar-refractivity contribution in [3.63, 3.8) is 0 Å². The first kappa shape index (κ1) is 23.3. The Morgan fingerprint density at radius 2 is 1.81 bits per heavy atom. The molecule has 2 atom stereocenters. The van der Waals surface area contributed by atoms with E-state index in [1.54, 1.807) is 37.4 Å². The molecule has 1 amide bonds. The SMILES string of the molecule is COc1ccc([C@H](CC(C)C)NC(=O)[C@@H]2CCCN(S(=O)(=O)c3ccccc3)C2)cc1. The number of amides is 1. The summed E-state index contributed by atoms with van der Waals surface area (Å²) in [5, 5.41) is 3.18. The molecule has 1 aliphatic heterocycles. The summed E-state index contributed by atoms with van der Waals surface area (Å²) in [6, 6.07) is 16.0. The smallest absolute Gasteiger partial charge is 0.243 e. The van der Waals surface area contributed by atoms with Gasteiger partial charge in [0, 0.05) is 13.1 Å². The Kier molecular flexibility index (Phi) is 7.73. The Hall–Kier alpha value is -2.38. The van der Waals surface area contributed by atoms with Gasteiger partial charge in [-0.1, -0.05) is 44.2 Å². The van der Waals surface area contributed by atoms with Crippen molar-refractivity contribution in [2.45, 2.75) is 44.0 Å². The predicted octanol–water partition coefficient (Wildman–Crippen LogP) is 4.00. The summed E-state index contributed by atoms with van der Waals surface area (Å²) in [7, 11) is -1.97. The van der Waals surface area contributed by atoms with E-state index >= 15 is 0 Å². The lowest BCUT2D eigenvalue weighted by Crippen LogP contribution is -2.46. The minimum absolute atomic E-state index is 0.0885. The first-order valence-corrected chi connectivity index (χ1v) is 12.2. The molecule has 7 heteroatoms. The highest BCUT2D eigenvalue weighted by molar-refractivity contribution is 7.89. The van der Waals surface area contributed by atoms with E-state index in [4.69, 9.17) is 4.74 Å². The third-order valence-corrected chi connectivity index (χ3v) is 7.56. The molecule has 6 nitrogen and oxygen atoms in total. The van der Waals surface area contributed by atoms with Crippen molar-refractivity contribution in [1.82, 2.24) is 9.62 Å². The summed E-state index contributed by atoms with van der Waals surface area (Å²) < 4.78 is 32.7. The van der Waals surface area contributed by atoms with Crippen molar-refractivity contribution in [2.24, 2.45) is 11.8 Å². The van der Waals surface area contributed by atoms with Crippen molar-refractivity contribution in [1.29, 1.82) is 0 Å². The largest absolute Gasteiger partial charge is 0.497 e. The summed E-state index contributed by atoms with van der Waals surface area (Å²) in [4.78, 5) is 13.4. The molecule has 0 spiro atoms. The van der Waals surface area contributed by atoms with E-state index in [0.29, 0.717) is 25.3 Å². The third-order valence-electron chi connectivity index (χ3n) is 5.68. The Morgan fingerprint density at radius 1 is 1.13 bits per heavy atom. The zero-order chi connectivity index (χ0) is 22.4. The first-order valence-electron chi connectivity index (χ1n) is 10.8. The quantitative estimate of drug-likeness (QED) is 0.668. The van der Waals surface area contributed by atoms with Crippen LogP contribution in [0, 0.1) is 11.8 Å². The first-order chi connectivity index (χ1) is 14.8. The van der Waals surface area contributed by atoms with Crippen molar-refractivity contribution in [3.8, 4) is 5.75 Å². The Labute approximate surface area is 185 Å². The van der Waals surface area contributed by atoms with Crippen LogP contribution in [0.2, 0.25) is 0 Å². The van der Waals surface area contributed by atoms with Gasteiger partial charge in [0.1, 0.15) is 5.75 Å². The summed E-state index contributed by atoms with van der Waals surface area (Å²) in [5.41, 5.74) is 1.02. The zero-order valence-electron chi connectivity index (χ0n) is 18.5. The second-order valence-corrected chi connectivity index (χ2v) is 10.4. The zero-order valence-corrected chi connectivity index (χ0v) is 19.3. The highest BCUT2D eigenvalue weighted by atomic mass is 32.2. The number of ether oxygens (including phenoxy) is 1. The average Bonchev–Trinajstić information content (AvgIpc) is 2.79. The number of hydrogen-bond acceptors (Lipinski definition) is 4. The van der Waals surface area contributed by atoms with Crippen LogP contribution in [0.5, 0.6) is 5.75 Å². The van der Waals surface area contributed by atoms with E-state index in [9.17, 15) is 13.2 Å². The normalized spacial score (nSPS) is 18.5. The van der Waals surface area contributed by atoms with Gasteiger partial charge in [-0.2, -0.15) is 4.31 Å². The van der Waals surface area contributed by atoms with Gasteiger partial charge in [-0.15, -0.1) is 0 Å². The van der Waals surface area contributed by atoms with Gasteiger partial charge in [0.25, 0.3) is 0 Å². The molecule has 1 heterocycles. The fraction of sp³-hybridized carbons (Fsp3) is 0.458. The summed E-state index contributed by atoms with van der Waals surface area (Å²) in [5.74, 6) is 0.718. The van der Waals surface area contributed by atoms with Gasteiger partial charge in [0.15, 0.2) is 0 Å². The maximum atomic E-state index is 13.1. The minimum Gasteiger partial charge on any atom is -0.497 e. The fourth-order valence-electron chi connectivity index (χ4n) is 3.99. The van der Waals surface area contributed by atoms with Crippen LogP contribution in [0.1, 0.15) is 44.7 Å². The highest BCUT2D eigenvalue weighted by Gasteiger charge is 2.34. The molecule has 3 rings (SSSR count). The van der Waals surface area contributed by atoms with Crippen molar-refractivity contribution in [3.05, 3.63) is 60.2 Å². The van der Waals surface area contributed by atoms with Crippen LogP contribution < -0.4 is 10.1 Å². The van der Waals surface area contributed by atoms with Crippen LogP contribution in [0.4, 0.5) is 0 Å². The number of carbonyl (C=O) groups excluding carboxylic acids is 1. The number of nitrogens with zero attached hydrogens (tertiary/aromatic N) is 1. The number of rotatable bonds is 8. The standard InChI is InChI=1S/C24H32N2O4S/c1-18(2)16-23(19-11-13-21(30-3)14-12-19)25-24(27)20-8-7-15-26(17-20)31(28,29)22-9-5-4-6-10-22/h4-6,9-14,18,20,23H,7-8,15-17H2,1-3H3,(H,25,27)/t20-,23+/m1/s1. The van der Waals surface area contributed by atoms with Gasteiger partial charge >= 0.3 is 0 Å². The molecule has 0 radical (unpaired) electrons. The van der Waals surface area contributed by atoms with E-state index in [-0.39, 0.29) is 29.3 Å². The number of methoxy groups -OCH3 is 1. The molecule has 1 fully saturated rings. The number of hydrogen-bond donors (Lipinski definition) is 1. The molecule has 2 aromatic rings. The van der Waals surface area contributed by atoms with Crippen LogP contribution in [-0.2, 0) is 14.8 Å². The van der Waals surface area contributed by atoms with Crippen molar-refractivity contribution in [2.75, 3.05) is 20.2 Å². The number of carbonyl (C=O) groups is 1. The average molecular weight is 445 g/mol. The van der Waals surface area contributed by atoms with E-state index in [1.165, 1.54) is 4.31 Å². The highest BCUT2D eigenvalue weighted by Crippen LogP contribution is 2.27. The molecule has 168 valence electrons. The lowest BCUT2D eigenvalue weighted by molar-refractivity contribution is -0.127. The van der Waals surface area contributed by atoms with Crippen molar-refractivity contribution >= 4 is 15.9 Å². The van der Waals surface area contributed by atoms with Crippen LogP contribution in [0.3, 0.4) is 0 Å². The van der Waals surface area contributed by atoms with Gasteiger partial charge < -0.3 is 10.1 Å². The molecule has 1 N–H and O–H groups in total. The van der Waals surface area contributed by atoms with E-state index in [2.05, 4.69) is 19.2 Å². The van der Waals surface area contributed by atoms with Gasteiger partial charge in [0.05, 0.1) is 24.0 Å². The lowest BCUT2D eigenvalue weighted by Gasteiger charge is -2.32. The fourth-order valence-corrected chi connectivity index (χ4v) is 5.54. The van der Waals surface area contributed by atoms with Crippen LogP contribution in [-0.4, -0.2) is 38.8 Å². The number of piperidine rings is 1. The molecule has 2 aromatic carbocycles. The maximum Gasteiger partial charge on any atom is 0.243 e. The van der Waals surface area contributed by atoms with Crippen LogP contribution in [0.25, 0.3) is 0 Å². The van der Waals surface area contributed by atoms with Crippen molar-refractivity contribution < 1.29 is 17.9 Å². The summed E-state index contributed by atoms with van der Waals surface area (Å²) in [6.07, 6.45) is 2.15. The molecule has 0 aliphatic carbocycles. The van der Waals surface area contributed by atoms with Crippen LogP contribution in [0.15, 0.2) is 59.5 Å². The molecule has 1 aliphatic rings.